The first-order chi connectivity index (χ1) is 12.4. The van der Waals surface area contributed by atoms with E-state index in [1.165, 1.54) is 0 Å². The van der Waals surface area contributed by atoms with Crippen molar-refractivity contribution in [3.05, 3.63) is 58.6 Å². The van der Waals surface area contributed by atoms with Crippen molar-refractivity contribution in [3.63, 3.8) is 0 Å². The quantitative estimate of drug-likeness (QED) is 0.780. The third-order valence-electron chi connectivity index (χ3n) is 3.69. The summed E-state index contributed by atoms with van der Waals surface area (Å²) in [5.41, 5.74) is 1.50. The average Bonchev–Trinajstić information content (AvgIpc) is 2.88. The van der Waals surface area contributed by atoms with Crippen LogP contribution in [0.25, 0.3) is 0 Å². The molecule has 6 nitrogen and oxygen atoms in total. The Morgan fingerprint density at radius 3 is 2.42 bits per heavy atom. The Kier molecular flexibility index (Phi) is 5.49. The molecule has 1 aliphatic rings. The van der Waals surface area contributed by atoms with Gasteiger partial charge in [-0.15, -0.1) is 0 Å². The maximum absolute atomic E-state index is 11.6. The van der Waals surface area contributed by atoms with E-state index in [1.807, 2.05) is 0 Å². The number of carbonyl (C=O) groups excluding carboxylic acids is 2. The van der Waals surface area contributed by atoms with Crippen molar-refractivity contribution in [3.8, 4) is 11.5 Å². The number of imide groups is 1. The van der Waals surface area contributed by atoms with Crippen LogP contribution in [0.15, 0.2) is 42.5 Å². The molecule has 0 saturated carbocycles. The normalized spacial score (nSPS) is 16.4. The van der Waals surface area contributed by atoms with E-state index in [1.54, 1.807) is 42.5 Å². The van der Waals surface area contributed by atoms with Crippen molar-refractivity contribution in [2.45, 2.75) is 18.1 Å². The van der Waals surface area contributed by atoms with Crippen molar-refractivity contribution in [2.75, 3.05) is 0 Å². The highest BCUT2D eigenvalue weighted by Gasteiger charge is 2.31. The highest BCUT2D eigenvalue weighted by Crippen LogP contribution is 2.32. The minimum Gasteiger partial charge on any atom is -0.481 e. The zero-order valence-electron chi connectivity index (χ0n) is 13.4. The molecule has 0 bridgehead atoms. The molecule has 1 unspecified atom stereocenters. The molecule has 2 aromatic rings. The number of hydrogen-bond donors (Lipinski definition) is 2. The number of rotatable bonds is 6. The zero-order chi connectivity index (χ0) is 18.7. The topological polar surface area (TPSA) is 92.7 Å². The highest BCUT2D eigenvalue weighted by atomic mass is 35.5. The number of thioether (sulfide) groups is 1. The molecule has 26 heavy (non-hydrogen) atoms. The number of halogens is 1. The number of carbonyl (C=O) groups is 3. The van der Waals surface area contributed by atoms with E-state index in [-0.39, 0.29) is 17.6 Å². The number of nitrogens with one attached hydrogen (secondary N) is 1. The molecule has 0 aliphatic carbocycles. The van der Waals surface area contributed by atoms with Crippen LogP contribution in [0.2, 0.25) is 5.02 Å². The molecule has 1 saturated heterocycles. The molecule has 1 aliphatic heterocycles. The Hall–Kier alpha value is -2.51. The maximum Gasteiger partial charge on any atom is 0.307 e. The van der Waals surface area contributed by atoms with Crippen LogP contribution in [0.5, 0.6) is 11.5 Å². The Labute approximate surface area is 158 Å². The van der Waals surface area contributed by atoms with Gasteiger partial charge in [0.05, 0.1) is 16.7 Å². The van der Waals surface area contributed by atoms with Crippen LogP contribution in [-0.2, 0) is 22.4 Å². The van der Waals surface area contributed by atoms with Gasteiger partial charge in [-0.1, -0.05) is 41.6 Å². The lowest BCUT2D eigenvalue weighted by Crippen LogP contribution is -2.25. The highest BCUT2D eigenvalue weighted by molar-refractivity contribution is 8.15. The van der Waals surface area contributed by atoms with Crippen LogP contribution in [0.3, 0.4) is 0 Å². The second-order valence-electron chi connectivity index (χ2n) is 5.67. The molecule has 0 radical (unpaired) electrons. The van der Waals surface area contributed by atoms with Gasteiger partial charge in [-0.25, -0.2) is 0 Å². The number of aliphatic carboxylic acids is 1. The molecule has 0 spiro atoms. The summed E-state index contributed by atoms with van der Waals surface area (Å²) in [7, 11) is 0. The standard InChI is InChI=1S/C18H14ClNO5S/c19-13-7-11(8-15-17(23)20-18(24)26-15)3-6-14(13)25-12-4-1-10(2-5-12)9-16(21)22/h1-7,15H,8-9H2,(H,21,22)(H,20,23,24). The summed E-state index contributed by atoms with van der Waals surface area (Å²) in [6.45, 7) is 0. The number of carboxylic acids is 1. The smallest absolute Gasteiger partial charge is 0.307 e. The third-order valence-corrected chi connectivity index (χ3v) is 4.97. The minimum atomic E-state index is -0.895. The second kappa shape index (κ2) is 7.80. The molecule has 8 heteroatoms. The second-order valence-corrected chi connectivity index (χ2v) is 7.25. The summed E-state index contributed by atoms with van der Waals surface area (Å²) in [5.74, 6) is -0.211. The van der Waals surface area contributed by atoms with Crippen LogP contribution < -0.4 is 10.1 Å². The van der Waals surface area contributed by atoms with E-state index in [0.717, 1.165) is 17.3 Å². The number of benzene rings is 2. The van der Waals surface area contributed by atoms with Crippen molar-refractivity contribution in [1.82, 2.24) is 5.32 Å². The van der Waals surface area contributed by atoms with Crippen molar-refractivity contribution in [1.29, 1.82) is 0 Å². The monoisotopic (exact) mass is 391 g/mol. The van der Waals surface area contributed by atoms with Crippen molar-refractivity contribution in [2.24, 2.45) is 0 Å². The lowest BCUT2D eigenvalue weighted by atomic mass is 10.1. The molecule has 2 aromatic carbocycles. The van der Waals surface area contributed by atoms with Crippen LogP contribution in [0, 0.1) is 0 Å². The first-order valence-electron chi connectivity index (χ1n) is 7.69. The fourth-order valence-corrected chi connectivity index (χ4v) is 3.57. The van der Waals surface area contributed by atoms with Gasteiger partial charge in [-0.2, -0.15) is 0 Å². The molecule has 1 heterocycles. The number of hydrogen-bond acceptors (Lipinski definition) is 5. The predicted octanol–water partition coefficient (Wildman–Crippen LogP) is 3.65. The lowest BCUT2D eigenvalue weighted by molar-refractivity contribution is -0.136. The van der Waals surface area contributed by atoms with Crippen LogP contribution in [0.4, 0.5) is 4.79 Å². The van der Waals surface area contributed by atoms with E-state index in [2.05, 4.69) is 5.32 Å². The van der Waals surface area contributed by atoms with Gasteiger partial charge in [0.15, 0.2) is 0 Å². The van der Waals surface area contributed by atoms with E-state index < -0.39 is 11.2 Å². The third kappa shape index (κ3) is 4.56. The molecule has 134 valence electrons. The van der Waals surface area contributed by atoms with Gasteiger partial charge in [-0.3, -0.25) is 19.7 Å². The van der Waals surface area contributed by atoms with E-state index >= 15 is 0 Å². The van der Waals surface area contributed by atoms with Gasteiger partial charge in [0, 0.05) is 0 Å². The van der Waals surface area contributed by atoms with E-state index in [0.29, 0.717) is 28.5 Å². The Morgan fingerprint density at radius 1 is 1.15 bits per heavy atom. The van der Waals surface area contributed by atoms with E-state index in [9.17, 15) is 14.4 Å². The Balaban J connectivity index is 1.67. The summed E-state index contributed by atoms with van der Waals surface area (Å²) in [6.07, 6.45) is 0.344. The minimum absolute atomic E-state index is 0.0506. The first-order valence-corrected chi connectivity index (χ1v) is 8.95. The van der Waals surface area contributed by atoms with Gasteiger partial charge < -0.3 is 9.84 Å². The van der Waals surface area contributed by atoms with Crippen LogP contribution in [-0.4, -0.2) is 27.5 Å². The van der Waals surface area contributed by atoms with Crippen LogP contribution >= 0.6 is 23.4 Å². The molecule has 1 fully saturated rings. The number of carboxylic acid groups (broad SMARTS) is 1. The molecular formula is C18H14ClNO5S. The largest absolute Gasteiger partial charge is 0.481 e. The van der Waals surface area contributed by atoms with Gasteiger partial charge in [0.2, 0.25) is 5.91 Å². The zero-order valence-corrected chi connectivity index (χ0v) is 15.0. The Morgan fingerprint density at radius 2 is 1.85 bits per heavy atom. The first kappa shape index (κ1) is 18.3. The Bertz CT molecular complexity index is 868. The van der Waals surface area contributed by atoms with E-state index in [4.69, 9.17) is 21.4 Å². The fourth-order valence-electron chi connectivity index (χ4n) is 2.47. The summed E-state index contributed by atoms with van der Waals surface area (Å²) in [5, 5.41) is 10.6. The van der Waals surface area contributed by atoms with Crippen molar-refractivity contribution >= 4 is 40.5 Å². The number of amides is 2. The van der Waals surface area contributed by atoms with Gasteiger partial charge >= 0.3 is 5.97 Å². The summed E-state index contributed by atoms with van der Waals surface area (Å²) in [4.78, 5) is 33.5. The molecule has 1 atom stereocenters. The molecule has 2 amide bonds. The SMILES string of the molecule is O=C(O)Cc1ccc(Oc2ccc(CC3SC(=O)NC3=O)cc2Cl)cc1. The lowest BCUT2D eigenvalue weighted by Gasteiger charge is -2.11. The van der Waals surface area contributed by atoms with Crippen molar-refractivity contribution < 1.29 is 24.2 Å². The summed E-state index contributed by atoms with van der Waals surface area (Å²) < 4.78 is 5.71. The fraction of sp³-hybridized carbons (Fsp3) is 0.167. The average molecular weight is 392 g/mol. The maximum atomic E-state index is 11.6. The van der Waals surface area contributed by atoms with Gasteiger partial charge in [0.25, 0.3) is 5.24 Å². The van der Waals surface area contributed by atoms with Gasteiger partial charge in [0.1, 0.15) is 11.5 Å². The molecule has 0 aromatic heterocycles. The molecule has 2 N–H and O–H groups in total. The summed E-state index contributed by atoms with van der Waals surface area (Å²) in [6, 6.07) is 11.9. The van der Waals surface area contributed by atoms with Gasteiger partial charge in [-0.05, 0) is 41.8 Å². The molecule has 3 rings (SSSR count). The summed E-state index contributed by atoms with van der Waals surface area (Å²) >= 11 is 7.22. The molecular weight excluding hydrogens is 378 g/mol. The van der Waals surface area contributed by atoms with Crippen LogP contribution in [0.1, 0.15) is 11.1 Å². The predicted molar refractivity (Wildman–Crippen MR) is 97.9 cm³/mol. The number of ether oxygens (including phenoxy) is 1.